The summed E-state index contributed by atoms with van der Waals surface area (Å²) in [6, 6.07) is -1.84. The van der Waals surface area contributed by atoms with E-state index in [2.05, 4.69) is 21.3 Å². The summed E-state index contributed by atoms with van der Waals surface area (Å²) >= 11 is 1.46. The number of urea groups is 1. The lowest BCUT2D eigenvalue weighted by atomic mass is 9.98. The molecule has 1 aliphatic carbocycles. The highest BCUT2D eigenvalue weighted by atomic mass is 32.2. The van der Waals surface area contributed by atoms with Crippen molar-refractivity contribution < 1.29 is 19.2 Å². The summed E-state index contributed by atoms with van der Waals surface area (Å²) in [5, 5.41) is 11.0. The van der Waals surface area contributed by atoms with Crippen molar-refractivity contribution in [2.45, 2.75) is 51.6 Å². The van der Waals surface area contributed by atoms with Gasteiger partial charge in [0.25, 0.3) is 0 Å². The van der Waals surface area contributed by atoms with Crippen molar-refractivity contribution in [1.29, 1.82) is 0 Å². The summed E-state index contributed by atoms with van der Waals surface area (Å²) in [6.45, 7) is 4.84. The van der Waals surface area contributed by atoms with Gasteiger partial charge in [-0.25, -0.2) is 4.79 Å². The highest BCUT2D eigenvalue weighted by Gasteiger charge is 2.42. The topological polar surface area (TPSA) is 142 Å². The molecule has 0 aromatic heterocycles. The van der Waals surface area contributed by atoms with Crippen molar-refractivity contribution in [2.75, 3.05) is 24.6 Å². The van der Waals surface area contributed by atoms with Crippen LogP contribution >= 0.6 is 11.8 Å². The number of nitrogens with one attached hydrogen (secondary N) is 4. The van der Waals surface area contributed by atoms with Gasteiger partial charge in [-0.05, 0) is 30.6 Å². The minimum absolute atomic E-state index is 0.00224. The summed E-state index contributed by atoms with van der Waals surface area (Å²) in [7, 11) is 0. The van der Waals surface area contributed by atoms with Crippen molar-refractivity contribution in [2.24, 2.45) is 17.1 Å². The van der Waals surface area contributed by atoms with Crippen molar-refractivity contribution in [3.63, 3.8) is 0 Å². The molecular weight excluding hydrogens is 382 g/mol. The lowest BCUT2D eigenvalue weighted by molar-refractivity contribution is -0.127. The van der Waals surface area contributed by atoms with Gasteiger partial charge < -0.3 is 27.0 Å². The molecule has 10 heteroatoms. The van der Waals surface area contributed by atoms with Crippen LogP contribution in [0.4, 0.5) is 4.79 Å². The minimum atomic E-state index is -0.713. The van der Waals surface area contributed by atoms with Gasteiger partial charge in [-0.2, -0.15) is 0 Å². The second-order valence-electron chi connectivity index (χ2n) is 7.77. The molecule has 1 aliphatic heterocycles. The Kier molecular flexibility index (Phi) is 7.97. The normalized spacial score (nSPS) is 22.4. The van der Waals surface area contributed by atoms with Crippen LogP contribution in [0.5, 0.6) is 0 Å². The zero-order valence-corrected chi connectivity index (χ0v) is 17.3. The Bertz CT molecular complexity index is 611. The third-order valence-corrected chi connectivity index (χ3v) is 6.55. The molecule has 3 atom stereocenters. The van der Waals surface area contributed by atoms with Gasteiger partial charge in [0, 0.05) is 18.8 Å². The van der Waals surface area contributed by atoms with Crippen LogP contribution in [-0.4, -0.2) is 60.4 Å². The lowest BCUT2D eigenvalue weighted by Gasteiger charge is -2.25. The molecule has 2 rings (SSSR count). The van der Waals surface area contributed by atoms with Gasteiger partial charge in [-0.15, -0.1) is 11.8 Å². The number of hydrogen-bond acceptors (Lipinski definition) is 5. The maximum Gasteiger partial charge on any atom is 0.312 e. The SMILES string of the molecule is CC[C@H](C)[C@H](NC(N)=O)C(=O)NCCC1(CNC(=O)[C@@H]2CSCC(=O)N2)CC1. The molecule has 2 fully saturated rings. The number of nitrogens with two attached hydrogens (primary N) is 1. The Hall–Kier alpha value is -1.97. The van der Waals surface area contributed by atoms with Crippen LogP contribution in [0.3, 0.4) is 0 Å². The molecule has 1 heterocycles. The van der Waals surface area contributed by atoms with Crippen LogP contribution in [0.2, 0.25) is 0 Å². The lowest BCUT2D eigenvalue weighted by Crippen LogP contribution is -2.53. The monoisotopic (exact) mass is 413 g/mol. The van der Waals surface area contributed by atoms with E-state index in [4.69, 9.17) is 5.73 Å². The number of amides is 5. The quantitative estimate of drug-likeness (QED) is 0.334. The zero-order valence-electron chi connectivity index (χ0n) is 16.5. The highest BCUT2D eigenvalue weighted by molar-refractivity contribution is 8.00. The summed E-state index contributed by atoms with van der Waals surface area (Å²) < 4.78 is 0. The van der Waals surface area contributed by atoms with Gasteiger partial charge >= 0.3 is 6.03 Å². The first-order valence-corrected chi connectivity index (χ1v) is 10.9. The molecule has 1 saturated heterocycles. The predicted molar refractivity (Wildman–Crippen MR) is 108 cm³/mol. The van der Waals surface area contributed by atoms with Crippen LogP contribution in [0.1, 0.15) is 39.5 Å². The summed E-state index contributed by atoms with van der Waals surface area (Å²) in [6.07, 6.45) is 3.46. The summed E-state index contributed by atoms with van der Waals surface area (Å²) in [4.78, 5) is 47.2. The molecule has 1 saturated carbocycles. The van der Waals surface area contributed by atoms with Crippen molar-refractivity contribution in [3.8, 4) is 0 Å². The Balaban J connectivity index is 1.74. The molecule has 0 spiro atoms. The molecule has 9 nitrogen and oxygen atoms in total. The van der Waals surface area contributed by atoms with Crippen LogP contribution < -0.4 is 27.0 Å². The number of carbonyl (C=O) groups is 4. The Labute approximate surface area is 169 Å². The average Bonchev–Trinajstić information content (AvgIpc) is 3.43. The van der Waals surface area contributed by atoms with Crippen LogP contribution in [0.25, 0.3) is 0 Å². The molecule has 158 valence electrons. The first kappa shape index (κ1) is 22.3. The van der Waals surface area contributed by atoms with Gasteiger partial charge in [0.2, 0.25) is 17.7 Å². The second kappa shape index (κ2) is 9.99. The molecule has 28 heavy (non-hydrogen) atoms. The Morgan fingerprint density at radius 1 is 1.32 bits per heavy atom. The van der Waals surface area contributed by atoms with Gasteiger partial charge in [0.05, 0.1) is 5.75 Å². The molecule has 5 amide bonds. The first-order chi connectivity index (χ1) is 13.3. The Morgan fingerprint density at radius 3 is 2.61 bits per heavy atom. The van der Waals surface area contributed by atoms with Crippen molar-refractivity contribution >= 4 is 35.5 Å². The molecule has 0 bridgehead atoms. The third kappa shape index (κ3) is 6.57. The highest BCUT2D eigenvalue weighted by Crippen LogP contribution is 2.47. The maximum absolute atomic E-state index is 12.4. The predicted octanol–water partition coefficient (Wildman–Crippen LogP) is -0.296. The number of rotatable bonds is 10. The van der Waals surface area contributed by atoms with Gasteiger partial charge in [-0.1, -0.05) is 20.3 Å². The third-order valence-electron chi connectivity index (χ3n) is 5.51. The van der Waals surface area contributed by atoms with E-state index in [0.29, 0.717) is 24.6 Å². The standard InChI is InChI=1S/C18H31N5O4S/c1-3-11(2)14(23-17(19)27)16(26)20-7-6-18(4-5-18)10-21-15(25)12-8-28-9-13(24)22-12/h11-12,14H,3-10H2,1-2H3,(H,20,26)(H,21,25)(H,22,24)(H3,19,23,27)/t11-,12-,14-/m0/s1. The van der Waals surface area contributed by atoms with E-state index in [1.807, 2.05) is 13.8 Å². The number of thioether (sulfide) groups is 1. The number of carbonyl (C=O) groups excluding carboxylic acids is 4. The largest absolute Gasteiger partial charge is 0.354 e. The fraction of sp³-hybridized carbons (Fsp3) is 0.778. The van der Waals surface area contributed by atoms with E-state index in [9.17, 15) is 19.2 Å². The Morgan fingerprint density at radius 2 is 2.04 bits per heavy atom. The fourth-order valence-electron chi connectivity index (χ4n) is 3.19. The van der Waals surface area contributed by atoms with Gasteiger partial charge in [0.1, 0.15) is 12.1 Å². The van der Waals surface area contributed by atoms with E-state index < -0.39 is 18.1 Å². The van der Waals surface area contributed by atoms with E-state index >= 15 is 0 Å². The second-order valence-corrected chi connectivity index (χ2v) is 8.80. The van der Waals surface area contributed by atoms with Crippen molar-refractivity contribution in [1.82, 2.24) is 21.3 Å². The molecule has 6 N–H and O–H groups in total. The minimum Gasteiger partial charge on any atom is -0.354 e. The van der Waals surface area contributed by atoms with Gasteiger partial charge in [-0.3, -0.25) is 14.4 Å². The molecule has 0 aromatic rings. The van der Waals surface area contributed by atoms with Crippen LogP contribution in [0.15, 0.2) is 0 Å². The molecule has 0 unspecified atom stereocenters. The average molecular weight is 414 g/mol. The van der Waals surface area contributed by atoms with Gasteiger partial charge in [0.15, 0.2) is 0 Å². The molecule has 0 radical (unpaired) electrons. The summed E-state index contributed by atoms with van der Waals surface area (Å²) in [5.41, 5.74) is 5.17. The van der Waals surface area contributed by atoms with E-state index in [1.54, 1.807) is 0 Å². The van der Waals surface area contributed by atoms with E-state index in [-0.39, 0.29) is 29.1 Å². The number of primary amides is 1. The van der Waals surface area contributed by atoms with E-state index in [1.165, 1.54) is 11.8 Å². The van der Waals surface area contributed by atoms with Crippen molar-refractivity contribution in [3.05, 3.63) is 0 Å². The molecule has 0 aromatic carbocycles. The molecular formula is C18H31N5O4S. The maximum atomic E-state index is 12.4. The van der Waals surface area contributed by atoms with E-state index in [0.717, 1.165) is 25.7 Å². The number of hydrogen-bond donors (Lipinski definition) is 5. The van der Waals surface area contributed by atoms with Crippen LogP contribution in [0, 0.1) is 11.3 Å². The first-order valence-electron chi connectivity index (χ1n) is 9.75. The summed E-state index contributed by atoms with van der Waals surface area (Å²) in [5.74, 6) is 0.458. The zero-order chi connectivity index (χ0) is 20.7. The smallest absolute Gasteiger partial charge is 0.312 e. The molecule has 2 aliphatic rings. The van der Waals surface area contributed by atoms with Crippen LogP contribution in [-0.2, 0) is 14.4 Å². The fourth-order valence-corrected chi connectivity index (χ4v) is 4.05.